The van der Waals surface area contributed by atoms with Crippen molar-refractivity contribution in [2.45, 2.75) is 11.8 Å². The van der Waals surface area contributed by atoms with Gasteiger partial charge in [0, 0.05) is 19.7 Å². The number of hydrogen-bond acceptors (Lipinski definition) is 7. The fourth-order valence-electron chi connectivity index (χ4n) is 1.63. The van der Waals surface area contributed by atoms with E-state index in [0.29, 0.717) is 24.5 Å². The standard InChI is InChI=1S/C13H15F3N2O5S/c1-18(2)6-17-9-7(5-8(24-9)10(19)22-3)12(21,11(20)23-4)13(14,15)16/h5-6,21H,1-4H3/t12-/m0/s1. The summed E-state index contributed by atoms with van der Waals surface area (Å²) < 4.78 is 48.7. The lowest BCUT2D eigenvalue weighted by Crippen LogP contribution is -2.49. The van der Waals surface area contributed by atoms with Crippen LogP contribution in [0.3, 0.4) is 0 Å². The molecule has 0 spiro atoms. The summed E-state index contributed by atoms with van der Waals surface area (Å²) >= 11 is 0.538. The van der Waals surface area contributed by atoms with Crippen LogP contribution in [-0.2, 0) is 19.9 Å². The van der Waals surface area contributed by atoms with E-state index in [1.54, 1.807) is 14.1 Å². The molecule has 0 radical (unpaired) electrons. The van der Waals surface area contributed by atoms with E-state index < -0.39 is 29.3 Å². The van der Waals surface area contributed by atoms with Crippen LogP contribution in [0.15, 0.2) is 11.1 Å². The first-order valence-electron chi connectivity index (χ1n) is 6.29. The van der Waals surface area contributed by atoms with Crippen LogP contribution in [0.4, 0.5) is 18.2 Å². The average Bonchev–Trinajstić information content (AvgIpc) is 2.93. The van der Waals surface area contributed by atoms with Crippen LogP contribution in [0.1, 0.15) is 15.2 Å². The van der Waals surface area contributed by atoms with Crippen molar-refractivity contribution in [3.63, 3.8) is 0 Å². The first-order valence-corrected chi connectivity index (χ1v) is 7.11. The van der Waals surface area contributed by atoms with Crippen molar-refractivity contribution < 1.29 is 37.3 Å². The maximum Gasteiger partial charge on any atom is 0.432 e. The SMILES string of the molecule is COC(=O)c1cc([C@](O)(C(=O)OC)C(F)(F)F)c(N=CN(C)C)s1. The molecule has 1 rings (SSSR count). The molecule has 0 aliphatic rings. The number of hydrogen-bond donors (Lipinski definition) is 1. The maximum absolute atomic E-state index is 13.4. The lowest BCUT2D eigenvalue weighted by atomic mass is 9.94. The highest BCUT2D eigenvalue weighted by Gasteiger charge is 2.63. The van der Waals surface area contributed by atoms with Gasteiger partial charge in [-0.2, -0.15) is 13.2 Å². The molecular formula is C13H15F3N2O5S. The van der Waals surface area contributed by atoms with E-state index in [1.165, 1.54) is 4.90 Å². The van der Waals surface area contributed by atoms with Gasteiger partial charge in [-0.3, -0.25) is 0 Å². The van der Waals surface area contributed by atoms with E-state index in [1.807, 2.05) is 0 Å². The topological polar surface area (TPSA) is 88.4 Å². The van der Waals surface area contributed by atoms with Gasteiger partial charge in [-0.15, -0.1) is 11.3 Å². The number of carbonyl (C=O) groups is 2. The van der Waals surface area contributed by atoms with Crippen LogP contribution >= 0.6 is 11.3 Å². The molecule has 0 aromatic carbocycles. The lowest BCUT2D eigenvalue weighted by Gasteiger charge is -2.27. The molecule has 24 heavy (non-hydrogen) atoms. The Morgan fingerprint density at radius 3 is 2.29 bits per heavy atom. The van der Waals surface area contributed by atoms with Crippen molar-refractivity contribution in [3.8, 4) is 0 Å². The number of carbonyl (C=O) groups excluding carboxylic acids is 2. The van der Waals surface area contributed by atoms with Gasteiger partial charge < -0.3 is 19.5 Å². The Morgan fingerprint density at radius 2 is 1.88 bits per heavy atom. The molecule has 0 aliphatic carbocycles. The number of ether oxygens (including phenoxy) is 2. The summed E-state index contributed by atoms with van der Waals surface area (Å²) in [5.41, 5.74) is -4.88. The lowest BCUT2D eigenvalue weighted by molar-refractivity contribution is -0.266. The molecule has 1 aromatic heterocycles. The molecule has 1 heterocycles. The van der Waals surface area contributed by atoms with Gasteiger partial charge >= 0.3 is 18.1 Å². The van der Waals surface area contributed by atoms with Crippen molar-refractivity contribution >= 4 is 34.6 Å². The second-order valence-corrected chi connectivity index (χ2v) is 5.76. The molecule has 0 saturated heterocycles. The summed E-state index contributed by atoms with van der Waals surface area (Å²) in [5, 5.41) is 9.69. The zero-order valence-electron chi connectivity index (χ0n) is 13.2. The molecule has 0 fully saturated rings. The van der Waals surface area contributed by atoms with E-state index in [-0.39, 0.29) is 9.88 Å². The van der Waals surface area contributed by atoms with Crippen molar-refractivity contribution in [1.82, 2.24) is 4.90 Å². The summed E-state index contributed by atoms with van der Waals surface area (Å²) in [7, 11) is 4.87. The first kappa shape index (κ1) is 19.9. The Balaban J connectivity index is 3.65. The predicted octanol–water partition coefficient (Wildman–Crippen LogP) is 1.68. The van der Waals surface area contributed by atoms with E-state index in [0.717, 1.165) is 13.4 Å². The fourth-order valence-corrected chi connectivity index (χ4v) is 2.60. The second-order valence-electron chi connectivity index (χ2n) is 4.73. The normalized spacial score (nSPS) is 14.3. The van der Waals surface area contributed by atoms with Gasteiger partial charge in [0.25, 0.3) is 5.60 Å². The summed E-state index contributed by atoms with van der Waals surface area (Å²) in [5.74, 6) is -2.87. The highest BCUT2D eigenvalue weighted by Crippen LogP contribution is 2.47. The second kappa shape index (κ2) is 7.18. The number of methoxy groups -OCH3 is 2. The Kier molecular flexibility index (Phi) is 5.95. The minimum Gasteiger partial charge on any atom is -0.466 e. The zero-order valence-corrected chi connectivity index (χ0v) is 14.0. The fraction of sp³-hybridized carbons (Fsp3) is 0.462. The van der Waals surface area contributed by atoms with Gasteiger partial charge in [-0.25, -0.2) is 14.6 Å². The number of aliphatic imine (C=N–C) groups is 1. The third kappa shape index (κ3) is 3.67. The largest absolute Gasteiger partial charge is 0.466 e. The molecule has 0 saturated carbocycles. The highest BCUT2D eigenvalue weighted by atomic mass is 32.1. The van der Waals surface area contributed by atoms with Crippen molar-refractivity contribution in [2.75, 3.05) is 28.3 Å². The Hall–Kier alpha value is -2.14. The Labute approximate surface area is 139 Å². The van der Waals surface area contributed by atoms with E-state index >= 15 is 0 Å². The number of alkyl halides is 3. The molecule has 1 atom stereocenters. The van der Waals surface area contributed by atoms with E-state index in [4.69, 9.17) is 0 Å². The van der Waals surface area contributed by atoms with E-state index in [2.05, 4.69) is 14.5 Å². The van der Waals surface area contributed by atoms with Gasteiger partial charge in [-0.1, -0.05) is 0 Å². The minimum atomic E-state index is -5.39. The van der Waals surface area contributed by atoms with Crippen molar-refractivity contribution in [1.29, 1.82) is 0 Å². The quantitative estimate of drug-likeness (QED) is 0.483. The Morgan fingerprint density at radius 1 is 1.29 bits per heavy atom. The first-order chi connectivity index (χ1) is 11.0. The number of rotatable bonds is 5. The number of aliphatic hydroxyl groups is 1. The summed E-state index contributed by atoms with van der Waals surface area (Å²) in [6.45, 7) is 0. The maximum atomic E-state index is 13.4. The van der Waals surface area contributed by atoms with Crippen LogP contribution in [0.25, 0.3) is 0 Å². The summed E-state index contributed by atoms with van der Waals surface area (Å²) in [6, 6.07) is 0.712. The van der Waals surface area contributed by atoms with Crippen LogP contribution in [0, 0.1) is 0 Å². The van der Waals surface area contributed by atoms with Crippen LogP contribution in [-0.4, -0.2) is 62.8 Å². The van der Waals surface area contributed by atoms with Gasteiger partial charge in [0.2, 0.25) is 0 Å². The van der Waals surface area contributed by atoms with Crippen molar-refractivity contribution in [2.24, 2.45) is 4.99 Å². The molecule has 7 nitrogen and oxygen atoms in total. The number of halogens is 3. The summed E-state index contributed by atoms with van der Waals surface area (Å²) in [4.78, 5) is 28.2. The molecular weight excluding hydrogens is 353 g/mol. The van der Waals surface area contributed by atoms with E-state index in [9.17, 15) is 27.9 Å². The van der Waals surface area contributed by atoms with Gasteiger partial charge in [0.05, 0.1) is 20.6 Å². The van der Waals surface area contributed by atoms with Gasteiger partial charge in [-0.05, 0) is 6.07 Å². The molecule has 0 unspecified atom stereocenters. The molecule has 0 bridgehead atoms. The number of esters is 2. The minimum absolute atomic E-state index is 0.259. The van der Waals surface area contributed by atoms with Gasteiger partial charge in [0.15, 0.2) is 0 Å². The molecule has 0 amide bonds. The number of thiophene rings is 1. The third-order valence-electron chi connectivity index (χ3n) is 2.79. The molecule has 134 valence electrons. The summed E-state index contributed by atoms with van der Waals surface area (Å²) in [6.07, 6.45) is -4.23. The Bertz CT molecular complexity index is 657. The average molecular weight is 368 g/mol. The van der Waals surface area contributed by atoms with Crippen LogP contribution in [0.2, 0.25) is 0 Å². The molecule has 1 N–H and O–H groups in total. The molecule has 0 aliphatic heterocycles. The third-order valence-corrected chi connectivity index (χ3v) is 3.81. The van der Waals surface area contributed by atoms with Crippen molar-refractivity contribution in [3.05, 3.63) is 16.5 Å². The highest BCUT2D eigenvalue weighted by molar-refractivity contribution is 7.17. The van der Waals surface area contributed by atoms with Crippen LogP contribution < -0.4 is 0 Å². The van der Waals surface area contributed by atoms with Gasteiger partial charge in [0.1, 0.15) is 9.88 Å². The zero-order chi connectivity index (χ0) is 18.7. The monoisotopic (exact) mass is 368 g/mol. The predicted molar refractivity (Wildman–Crippen MR) is 79.5 cm³/mol. The van der Waals surface area contributed by atoms with Crippen LogP contribution in [0.5, 0.6) is 0 Å². The molecule has 11 heteroatoms. The molecule has 1 aromatic rings. The number of nitrogens with zero attached hydrogens (tertiary/aromatic N) is 2. The smallest absolute Gasteiger partial charge is 0.432 e.